The molecule has 3 rings (SSSR count). The Bertz CT molecular complexity index is 699. The van der Waals surface area contributed by atoms with E-state index in [9.17, 15) is 4.79 Å². The number of carbonyl (C=O) groups excluding carboxylic acids is 1. The van der Waals surface area contributed by atoms with Crippen LogP contribution in [-0.2, 0) is 12.8 Å². The summed E-state index contributed by atoms with van der Waals surface area (Å²) in [6.45, 7) is 4.53. The van der Waals surface area contributed by atoms with Gasteiger partial charge in [0.05, 0.1) is 0 Å². The van der Waals surface area contributed by atoms with E-state index in [-0.39, 0.29) is 5.78 Å². The summed E-state index contributed by atoms with van der Waals surface area (Å²) in [7, 11) is 0. The van der Waals surface area contributed by atoms with Crippen molar-refractivity contribution in [3.63, 3.8) is 0 Å². The predicted octanol–water partition coefficient (Wildman–Crippen LogP) is 5.58. The molecule has 0 saturated carbocycles. The van der Waals surface area contributed by atoms with Crippen LogP contribution in [0.2, 0.25) is 0 Å². The second-order valence-electron chi connectivity index (χ2n) is 6.78. The molecular weight excluding hydrogens is 280 g/mol. The molecule has 0 bridgehead atoms. The van der Waals surface area contributed by atoms with E-state index in [0.717, 1.165) is 35.4 Å². The Balaban J connectivity index is 1.83. The molecule has 0 heterocycles. The average molecular weight is 306 g/mol. The van der Waals surface area contributed by atoms with E-state index in [0.29, 0.717) is 0 Å². The van der Waals surface area contributed by atoms with Crippen LogP contribution < -0.4 is 0 Å². The van der Waals surface area contributed by atoms with Crippen molar-refractivity contribution in [2.24, 2.45) is 5.92 Å². The summed E-state index contributed by atoms with van der Waals surface area (Å²) in [5.41, 5.74) is 5.47. The van der Waals surface area contributed by atoms with Gasteiger partial charge in [-0.05, 0) is 41.5 Å². The molecule has 2 aromatic rings. The van der Waals surface area contributed by atoms with Crippen LogP contribution in [0.4, 0.5) is 0 Å². The third-order valence-electron chi connectivity index (χ3n) is 5.13. The van der Waals surface area contributed by atoms with Crippen molar-refractivity contribution in [1.82, 2.24) is 0 Å². The Kier molecular flexibility index (Phi) is 4.95. The van der Waals surface area contributed by atoms with Crippen molar-refractivity contribution in [2.45, 2.75) is 52.4 Å². The maximum Gasteiger partial charge on any atom is 0.193 e. The highest BCUT2D eigenvalue weighted by Gasteiger charge is 2.23. The molecule has 1 unspecified atom stereocenters. The lowest BCUT2D eigenvalue weighted by molar-refractivity contribution is 0.103. The van der Waals surface area contributed by atoms with E-state index in [1.807, 2.05) is 18.2 Å². The van der Waals surface area contributed by atoms with Gasteiger partial charge in [0.25, 0.3) is 0 Å². The standard InChI is InChI=1S/C22H26O/c1-3-5-8-16(4-2)13-17-11-12-19-15-18-9-6-7-10-20(18)22(23)21(19)14-17/h6-7,9-12,14,16H,3-5,8,13,15H2,1-2H3. The van der Waals surface area contributed by atoms with Gasteiger partial charge < -0.3 is 0 Å². The third-order valence-corrected chi connectivity index (χ3v) is 5.13. The molecule has 0 aliphatic heterocycles. The minimum Gasteiger partial charge on any atom is -0.289 e. The zero-order valence-corrected chi connectivity index (χ0v) is 14.3. The van der Waals surface area contributed by atoms with E-state index in [1.165, 1.54) is 36.8 Å². The van der Waals surface area contributed by atoms with Gasteiger partial charge in [0.15, 0.2) is 5.78 Å². The van der Waals surface area contributed by atoms with Gasteiger partial charge >= 0.3 is 0 Å². The minimum absolute atomic E-state index is 0.199. The van der Waals surface area contributed by atoms with Crippen molar-refractivity contribution >= 4 is 5.78 Å². The van der Waals surface area contributed by atoms with Crippen molar-refractivity contribution in [1.29, 1.82) is 0 Å². The van der Waals surface area contributed by atoms with Gasteiger partial charge in [-0.1, -0.05) is 75.9 Å². The molecule has 0 aromatic heterocycles. The molecule has 120 valence electrons. The summed E-state index contributed by atoms with van der Waals surface area (Å²) < 4.78 is 0. The summed E-state index contributed by atoms with van der Waals surface area (Å²) >= 11 is 0. The molecular formula is C22H26O. The van der Waals surface area contributed by atoms with E-state index in [4.69, 9.17) is 0 Å². The Labute approximate surface area is 139 Å². The Morgan fingerprint density at radius 1 is 1.00 bits per heavy atom. The number of benzene rings is 2. The number of rotatable bonds is 6. The largest absolute Gasteiger partial charge is 0.289 e. The number of fused-ring (bicyclic) bond motifs is 2. The Morgan fingerprint density at radius 3 is 2.57 bits per heavy atom. The van der Waals surface area contributed by atoms with E-state index in [1.54, 1.807) is 0 Å². The Morgan fingerprint density at radius 2 is 1.78 bits per heavy atom. The molecule has 0 fully saturated rings. The molecule has 0 amide bonds. The molecule has 0 radical (unpaired) electrons. The fourth-order valence-electron chi connectivity index (χ4n) is 3.64. The van der Waals surface area contributed by atoms with Crippen molar-refractivity contribution in [3.05, 3.63) is 70.3 Å². The highest BCUT2D eigenvalue weighted by Crippen LogP contribution is 2.29. The molecule has 1 aliphatic rings. The molecule has 2 aromatic carbocycles. The smallest absolute Gasteiger partial charge is 0.193 e. The molecule has 23 heavy (non-hydrogen) atoms. The molecule has 1 heteroatoms. The van der Waals surface area contributed by atoms with Crippen LogP contribution in [0.5, 0.6) is 0 Å². The van der Waals surface area contributed by atoms with Crippen molar-refractivity contribution in [2.75, 3.05) is 0 Å². The fourth-order valence-corrected chi connectivity index (χ4v) is 3.64. The second-order valence-corrected chi connectivity index (χ2v) is 6.78. The lowest BCUT2D eigenvalue weighted by Crippen LogP contribution is -2.15. The van der Waals surface area contributed by atoms with E-state index >= 15 is 0 Å². The molecule has 1 nitrogen and oxygen atoms in total. The average Bonchev–Trinajstić information content (AvgIpc) is 2.59. The lowest BCUT2D eigenvalue weighted by atomic mass is 9.83. The number of hydrogen-bond acceptors (Lipinski definition) is 1. The first-order valence-electron chi connectivity index (χ1n) is 8.97. The normalized spacial score (nSPS) is 14.3. The van der Waals surface area contributed by atoms with Gasteiger partial charge in [0.2, 0.25) is 0 Å². The fraction of sp³-hybridized carbons (Fsp3) is 0.409. The third kappa shape index (κ3) is 3.39. The molecule has 1 aliphatic carbocycles. The topological polar surface area (TPSA) is 17.1 Å². The first kappa shape index (κ1) is 16.0. The van der Waals surface area contributed by atoms with Gasteiger partial charge in [-0.2, -0.15) is 0 Å². The zero-order valence-electron chi connectivity index (χ0n) is 14.3. The minimum atomic E-state index is 0.199. The summed E-state index contributed by atoms with van der Waals surface area (Å²) in [4.78, 5) is 12.8. The van der Waals surface area contributed by atoms with Crippen LogP contribution in [-0.4, -0.2) is 5.78 Å². The first-order valence-corrected chi connectivity index (χ1v) is 8.97. The van der Waals surface area contributed by atoms with E-state index in [2.05, 4.69) is 38.1 Å². The van der Waals surface area contributed by atoms with Gasteiger partial charge in [-0.3, -0.25) is 4.79 Å². The predicted molar refractivity (Wildman–Crippen MR) is 96.1 cm³/mol. The quantitative estimate of drug-likeness (QED) is 0.581. The SMILES string of the molecule is CCCCC(CC)Cc1ccc2c(c1)C(=O)c1ccccc1C2. The zero-order chi connectivity index (χ0) is 16.2. The number of ketones is 1. The van der Waals surface area contributed by atoms with Crippen LogP contribution >= 0.6 is 0 Å². The summed E-state index contributed by atoms with van der Waals surface area (Å²) in [6, 6.07) is 14.6. The molecule has 0 N–H and O–H groups in total. The molecule has 0 saturated heterocycles. The van der Waals surface area contributed by atoms with Crippen LogP contribution in [0.15, 0.2) is 42.5 Å². The molecule has 1 atom stereocenters. The summed E-state index contributed by atoms with van der Waals surface area (Å²) in [5, 5.41) is 0. The van der Waals surface area contributed by atoms with Crippen LogP contribution in [0, 0.1) is 5.92 Å². The maximum absolute atomic E-state index is 12.8. The highest BCUT2D eigenvalue weighted by molar-refractivity contribution is 6.12. The first-order chi connectivity index (χ1) is 11.2. The van der Waals surface area contributed by atoms with Crippen LogP contribution in [0.25, 0.3) is 0 Å². The lowest BCUT2D eigenvalue weighted by Gasteiger charge is -2.20. The van der Waals surface area contributed by atoms with E-state index < -0.39 is 0 Å². The summed E-state index contributed by atoms with van der Waals surface area (Å²) in [5.74, 6) is 0.935. The summed E-state index contributed by atoms with van der Waals surface area (Å²) in [6.07, 6.45) is 7.05. The maximum atomic E-state index is 12.8. The monoisotopic (exact) mass is 306 g/mol. The number of unbranched alkanes of at least 4 members (excludes halogenated alkanes) is 1. The van der Waals surface area contributed by atoms with Crippen molar-refractivity contribution < 1.29 is 4.79 Å². The van der Waals surface area contributed by atoms with Crippen molar-refractivity contribution in [3.8, 4) is 0 Å². The van der Waals surface area contributed by atoms with Gasteiger partial charge in [0, 0.05) is 11.1 Å². The van der Waals surface area contributed by atoms with Gasteiger partial charge in [-0.25, -0.2) is 0 Å². The Hall–Kier alpha value is -1.89. The molecule has 0 spiro atoms. The number of hydrogen-bond donors (Lipinski definition) is 0. The highest BCUT2D eigenvalue weighted by atomic mass is 16.1. The van der Waals surface area contributed by atoms with Crippen LogP contribution in [0.1, 0.15) is 72.1 Å². The van der Waals surface area contributed by atoms with Gasteiger partial charge in [-0.15, -0.1) is 0 Å². The van der Waals surface area contributed by atoms with Gasteiger partial charge in [0.1, 0.15) is 0 Å². The van der Waals surface area contributed by atoms with Crippen LogP contribution in [0.3, 0.4) is 0 Å². The second kappa shape index (κ2) is 7.12. The number of carbonyl (C=O) groups is 1.